The molecule has 20 nitrogen and oxygen atoms in total. The van der Waals surface area contributed by atoms with Crippen LogP contribution in [0.1, 0.15) is 60.1 Å². The Bertz CT molecular complexity index is 2100. The number of aromatic amines is 1. The van der Waals surface area contributed by atoms with Gasteiger partial charge in [-0.15, -0.1) is 9.42 Å². The molecule has 4 heterocycles. The van der Waals surface area contributed by atoms with E-state index >= 15 is 0 Å². The molecule has 1 saturated carbocycles. The Kier molecular flexibility index (Phi) is 15.0. The van der Waals surface area contributed by atoms with Gasteiger partial charge in [-0.2, -0.15) is 10.2 Å². The lowest BCUT2D eigenvalue weighted by Crippen LogP contribution is -2.50. The lowest BCUT2D eigenvalue weighted by Gasteiger charge is -2.41. The quantitative estimate of drug-likeness (QED) is 0.0673. The average molecular weight is 889 g/mol. The highest BCUT2D eigenvalue weighted by Gasteiger charge is 2.54. The van der Waals surface area contributed by atoms with E-state index in [-0.39, 0.29) is 60.4 Å². The monoisotopic (exact) mass is 888 g/mol. The summed E-state index contributed by atoms with van der Waals surface area (Å²) >= 11 is 6.00. The summed E-state index contributed by atoms with van der Waals surface area (Å²) in [5, 5.41) is 25.3. The Hall–Kier alpha value is -3.23. The molecule has 9 atom stereocenters. The van der Waals surface area contributed by atoms with Crippen molar-refractivity contribution >= 4 is 63.9 Å². The zero-order valence-electron chi connectivity index (χ0n) is 33.0. The van der Waals surface area contributed by atoms with Crippen molar-refractivity contribution in [3.63, 3.8) is 0 Å². The molecule has 0 spiro atoms. The van der Waals surface area contributed by atoms with Crippen molar-refractivity contribution in [2.45, 2.75) is 109 Å². The van der Waals surface area contributed by atoms with Crippen LogP contribution in [-0.2, 0) is 48.4 Å². The van der Waals surface area contributed by atoms with Gasteiger partial charge in [-0.25, -0.2) is 19.3 Å². The van der Waals surface area contributed by atoms with Gasteiger partial charge in [-0.3, -0.25) is 29.0 Å². The van der Waals surface area contributed by atoms with Crippen molar-refractivity contribution < 1.29 is 51.0 Å². The number of imidazole rings is 1. The van der Waals surface area contributed by atoms with E-state index in [9.17, 15) is 33.8 Å². The van der Waals surface area contributed by atoms with Gasteiger partial charge in [0, 0.05) is 22.4 Å². The zero-order valence-corrected chi connectivity index (χ0v) is 36.6. The van der Waals surface area contributed by atoms with Crippen LogP contribution in [0.5, 0.6) is 0 Å². The molecule has 58 heavy (non-hydrogen) atoms. The number of carbonyl (C=O) groups is 1. The molecule has 2 aliphatic rings. The van der Waals surface area contributed by atoms with Gasteiger partial charge in [0.1, 0.15) is 30.7 Å². The van der Waals surface area contributed by atoms with Crippen LogP contribution >= 0.6 is 15.0 Å². The molecule has 3 aromatic rings. The topological polar surface area (TPSA) is 267 Å². The summed E-state index contributed by atoms with van der Waals surface area (Å²) in [6.07, 6.45) is -1.45. The molecule has 1 aliphatic heterocycles. The van der Waals surface area contributed by atoms with E-state index in [0.29, 0.717) is 0 Å². The predicted octanol–water partition coefficient (Wildman–Crippen LogP) is 4.41. The molecule has 0 aromatic carbocycles. The Morgan fingerprint density at radius 1 is 1.28 bits per heavy atom. The molecule has 5 N–H and O–H groups in total. The van der Waals surface area contributed by atoms with Gasteiger partial charge in [0.2, 0.25) is 11.9 Å². The van der Waals surface area contributed by atoms with Crippen molar-refractivity contribution in [1.29, 1.82) is 5.26 Å². The maximum Gasteiger partial charge on any atom is 0.695 e. The summed E-state index contributed by atoms with van der Waals surface area (Å²) in [5.41, 5.74) is -0.722. The number of carbonyl (C=O) groups excluding carboxylic acids is 1. The molecule has 1 amide bonds. The molecule has 25 heteroatoms. The number of aromatic nitrogens is 6. The van der Waals surface area contributed by atoms with E-state index in [1.54, 1.807) is 13.8 Å². The number of aliphatic hydroxyl groups excluding tert-OH is 1. The summed E-state index contributed by atoms with van der Waals surface area (Å²) in [5.74, 6) is -2.29. The van der Waals surface area contributed by atoms with Crippen LogP contribution < -0.4 is 16.2 Å². The van der Waals surface area contributed by atoms with Crippen molar-refractivity contribution in [2.24, 2.45) is 11.8 Å². The number of hydrogen-bond donors (Lipinski definition) is 5. The third-order valence-electron chi connectivity index (χ3n) is 10.2. The standard InChI is InChI=1S/C33H48FN9O11P2SSi/c1-18(2)29(45)41-32-40-28-24(30(46)42-32)38-17-43(28)31-26(25(23(14-44)51-31)54-58(6,7)33(3,4)5)53-56(57,49-10-8-9-35)50-15-19-11-20(12-22(19)52-55(47)48)39-27-21(34)13-36-16-37-27/h13,16-20,22-23,25-26,31,44H,8,10-12,14-15H2,1-7H3,(H3-,36,37,39,40,41,42,45,46,47,48)/p+1/t19?,20-,22+,23-,25?,26-,31-,56?/m1/s1. The maximum absolute atomic E-state index is 14.4. The van der Waals surface area contributed by atoms with Crippen LogP contribution in [-0.4, -0.2) is 104 Å². The molecule has 5 rings (SSSR count). The van der Waals surface area contributed by atoms with E-state index in [4.69, 9.17) is 39.1 Å². The second-order valence-electron chi connectivity index (χ2n) is 15.7. The maximum atomic E-state index is 14.4. The number of anilines is 2. The molecule has 1 saturated heterocycles. The SMILES string of the molecule is CC(C)C(=O)Nc1nc2c(ncn2[C@@H]2O[C@H](CO)C(O[Si](C)(C)C(C)(C)C)[C@H]2OP(=S)(OCCC#N)OCC2C[C@@H](Nc3ncncc3F)C[C@@H]2O[P+](=O)O)c(=O)[nH]1. The van der Waals surface area contributed by atoms with Crippen molar-refractivity contribution in [2.75, 3.05) is 30.5 Å². The molecule has 0 bridgehead atoms. The second kappa shape index (κ2) is 19.0. The fourth-order valence-corrected chi connectivity index (χ4v) is 10.1. The number of ether oxygens (including phenoxy) is 1. The van der Waals surface area contributed by atoms with E-state index in [1.807, 2.05) is 39.9 Å². The largest absolute Gasteiger partial charge is 0.695 e. The summed E-state index contributed by atoms with van der Waals surface area (Å²) in [6.45, 7) is 8.57. The molecule has 2 fully saturated rings. The number of hydrogen-bond acceptors (Lipinski definition) is 17. The van der Waals surface area contributed by atoms with Gasteiger partial charge < -0.3 is 28.6 Å². The van der Waals surface area contributed by atoms with E-state index in [2.05, 4.69) is 35.6 Å². The minimum Gasteiger partial charge on any atom is -0.408 e. The molecule has 1 aliphatic carbocycles. The number of nitrogens with zero attached hydrogens (tertiary/aromatic N) is 6. The number of rotatable bonds is 18. The molecular weight excluding hydrogens is 840 g/mol. The van der Waals surface area contributed by atoms with Crippen molar-refractivity contribution in [1.82, 2.24) is 29.5 Å². The van der Waals surface area contributed by atoms with Crippen LogP contribution in [0, 0.1) is 29.0 Å². The highest BCUT2D eigenvalue weighted by molar-refractivity contribution is 8.07. The minimum absolute atomic E-state index is 0.00779. The highest BCUT2D eigenvalue weighted by Crippen LogP contribution is 2.56. The van der Waals surface area contributed by atoms with Crippen LogP contribution in [0.2, 0.25) is 18.1 Å². The summed E-state index contributed by atoms with van der Waals surface area (Å²) in [7, 11) is -5.71. The summed E-state index contributed by atoms with van der Waals surface area (Å²) in [4.78, 5) is 54.2. The minimum atomic E-state index is -3.95. The van der Waals surface area contributed by atoms with E-state index < -0.39 is 95.7 Å². The number of halogens is 1. The molecule has 3 aromatic heterocycles. The Morgan fingerprint density at radius 2 is 2.02 bits per heavy atom. The summed E-state index contributed by atoms with van der Waals surface area (Å²) in [6, 6.07) is 1.53. The molecule has 318 valence electrons. The first-order valence-electron chi connectivity index (χ1n) is 18.5. The number of amides is 1. The Labute approximate surface area is 340 Å². The number of aliphatic hydroxyl groups is 1. The normalized spacial score (nSPS) is 25.1. The van der Waals surface area contributed by atoms with Crippen LogP contribution in [0.25, 0.3) is 11.2 Å². The van der Waals surface area contributed by atoms with Gasteiger partial charge in [-0.1, -0.05) is 34.6 Å². The number of nitriles is 1. The molecular formula is C33H49FN9O11P2SSi+. The zero-order chi connectivity index (χ0) is 42.6. The van der Waals surface area contributed by atoms with Crippen molar-refractivity contribution in [3.8, 4) is 6.07 Å². The number of H-pyrrole nitrogens is 1. The number of nitrogens with one attached hydrogen (secondary N) is 3. The van der Waals surface area contributed by atoms with Crippen molar-refractivity contribution in [3.05, 3.63) is 35.0 Å². The lowest BCUT2D eigenvalue weighted by atomic mass is 10.1. The first-order chi connectivity index (χ1) is 27.3. The summed E-state index contributed by atoms with van der Waals surface area (Å²) < 4.78 is 65.4. The van der Waals surface area contributed by atoms with Crippen LogP contribution in [0.4, 0.5) is 16.2 Å². The van der Waals surface area contributed by atoms with E-state index in [0.717, 1.165) is 6.20 Å². The smallest absolute Gasteiger partial charge is 0.408 e. The Morgan fingerprint density at radius 3 is 2.66 bits per heavy atom. The van der Waals surface area contributed by atoms with Gasteiger partial charge in [0.25, 0.3) is 5.56 Å². The third-order valence-corrected chi connectivity index (χ3v) is 17.5. The van der Waals surface area contributed by atoms with E-state index in [1.165, 1.54) is 17.2 Å². The predicted molar refractivity (Wildman–Crippen MR) is 213 cm³/mol. The Balaban J connectivity index is 1.52. The first-order valence-corrected chi connectivity index (χ1v) is 25.1. The molecule has 0 radical (unpaired) electrons. The third kappa shape index (κ3) is 10.9. The van der Waals surface area contributed by atoms with Crippen LogP contribution in [0.3, 0.4) is 0 Å². The van der Waals surface area contributed by atoms with Gasteiger partial charge in [0.15, 0.2) is 37.3 Å². The fourth-order valence-electron chi connectivity index (χ4n) is 6.16. The van der Waals surface area contributed by atoms with Gasteiger partial charge in [-0.05, 0) is 42.8 Å². The average Bonchev–Trinajstić information content (AvgIpc) is 3.82. The number of fused-ring (bicyclic) bond motifs is 1. The van der Waals surface area contributed by atoms with Gasteiger partial charge in [0.05, 0.1) is 44.8 Å². The lowest BCUT2D eigenvalue weighted by molar-refractivity contribution is -0.118. The van der Waals surface area contributed by atoms with Crippen LogP contribution in [0.15, 0.2) is 23.6 Å². The fraction of sp³-hybridized carbons (Fsp3) is 0.667. The second-order valence-corrected chi connectivity index (χ2v) is 24.1. The highest BCUT2D eigenvalue weighted by atomic mass is 32.5. The molecule has 4 unspecified atom stereocenters. The van der Waals surface area contributed by atoms with Gasteiger partial charge >= 0.3 is 15.0 Å². The first kappa shape index (κ1) is 45.8.